The van der Waals surface area contributed by atoms with E-state index in [0.717, 1.165) is 17.5 Å². The molecule has 0 saturated carbocycles. The first-order valence-corrected chi connectivity index (χ1v) is 6.75. The van der Waals surface area contributed by atoms with E-state index < -0.39 is 9.84 Å². The van der Waals surface area contributed by atoms with Crippen LogP contribution in [0.2, 0.25) is 0 Å². The smallest absolute Gasteiger partial charge is 0.179 e. The Labute approximate surface area is 90.2 Å². The highest BCUT2D eigenvalue weighted by molar-refractivity contribution is 7.91. The van der Waals surface area contributed by atoms with Gasteiger partial charge in [0.25, 0.3) is 0 Å². The van der Waals surface area contributed by atoms with E-state index in [9.17, 15) is 8.42 Å². The Morgan fingerprint density at radius 2 is 2.20 bits per heavy atom. The molecular formula is C11H15NO2S. The molecule has 1 atom stereocenters. The molecule has 2 N–H and O–H groups in total. The van der Waals surface area contributed by atoms with Gasteiger partial charge in [0.15, 0.2) is 9.84 Å². The van der Waals surface area contributed by atoms with E-state index in [1.165, 1.54) is 0 Å². The third-order valence-corrected chi connectivity index (χ3v) is 4.81. The van der Waals surface area contributed by atoms with Gasteiger partial charge < -0.3 is 5.73 Å². The van der Waals surface area contributed by atoms with Crippen LogP contribution in [-0.2, 0) is 16.3 Å². The fourth-order valence-corrected chi connectivity index (χ4v) is 4.06. The van der Waals surface area contributed by atoms with Crippen molar-refractivity contribution in [3.63, 3.8) is 0 Å². The van der Waals surface area contributed by atoms with Crippen molar-refractivity contribution in [1.82, 2.24) is 0 Å². The SMILES string of the molecule is CC1CS(=O)(=O)c2cc(CCN)ccc21. The molecule has 0 amide bonds. The minimum Gasteiger partial charge on any atom is -0.330 e. The van der Waals surface area contributed by atoms with E-state index in [-0.39, 0.29) is 11.7 Å². The molecule has 1 heterocycles. The predicted molar refractivity (Wildman–Crippen MR) is 59.7 cm³/mol. The molecule has 0 aromatic heterocycles. The monoisotopic (exact) mass is 225 g/mol. The maximum absolute atomic E-state index is 11.8. The van der Waals surface area contributed by atoms with Crippen molar-refractivity contribution < 1.29 is 8.42 Å². The molecule has 3 nitrogen and oxygen atoms in total. The van der Waals surface area contributed by atoms with Gasteiger partial charge in [-0.15, -0.1) is 0 Å². The first-order chi connectivity index (χ1) is 7.04. The van der Waals surface area contributed by atoms with Crippen molar-refractivity contribution in [1.29, 1.82) is 0 Å². The average molecular weight is 225 g/mol. The lowest BCUT2D eigenvalue weighted by atomic mass is 10.0. The molecule has 0 fully saturated rings. The third-order valence-electron chi connectivity index (χ3n) is 2.85. The number of benzene rings is 1. The van der Waals surface area contributed by atoms with Crippen LogP contribution in [0.5, 0.6) is 0 Å². The predicted octanol–water partition coefficient (Wildman–Crippen LogP) is 1.08. The third kappa shape index (κ3) is 1.79. The number of sulfone groups is 1. The van der Waals surface area contributed by atoms with E-state index in [2.05, 4.69) is 0 Å². The molecule has 1 aromatic rings. The van der Waals surface area contributed by atoms with Gasteiger partial charge in [0, 0.05) is 0 Å². The molecule has 0 bridgehead atoms. The maximum atomic E-state index is 11.8. The maximum Gasteiger partial charge on any atom is 0.179 e. The summed E-state index contributed by atoms with van der Waals surface area (Å²) in [6.07, 6.45) is 0.733. The van der Waals surface area contributed by atoms with Crippen molar-refractivity contribution in [2.45, 2.75) is 24.2 Å². The standard InChI is InChI=1S/C11H15NO2S/c1-8-7-15(13,14)11-6-9(4-5-12)2-3-10(8)11/h2-3,6,8H,4-5,7,12H2,1H3. The Hall–Kier alpha value is -0.870. The molecule has 15 heavy (non-hydrogen) atoms. The minimum atomic E-state index is -3.04. The summed E-state index contributed by atoms with van der Waals surface area (Å²) in [5.74, 6) is 0.367. The Bertz CT molecular complexity index is 479. The molecule has 1 aliphatic rings. The van der Waals surface area contributed by atoms with E-state index in [1.807, 2.05) is 19.1 Å². The van der Waals surface area contributed by atoms with Crippen molar-refractivity contribution in [2.24, 2.45) is 5.73 Å². The zero-order valence-electron chi connectivity index (χ0n) is 8.73. The van der Waals surface area contributed by atoms with Crippen LogP contribution in [0.1, 0.15) is 24.0 Å². The van der Waals surface area contributed by atoms with Gasteiger partial charge in [-0.05, 0) is 36.1 Å². The molecule has 0 spiro atoms. The van der Waals surface area contributed by atoms with Crippen molar-refractivity contribution in [3.05, 3.63) is 29.3 Å². The summed E-state index contributed by atoms with van der Waals surface area (Å²) in [7, 11) is -3.04. The lowest BCUT2D eigenvalue weighted by Crippen LogP contribution is -2.04. The molecule has 1 aromatic carbocycles. The Kier molecular flexibility index (Phi) is 2.56. The second-order valence-electron chi connectivity index (χ2n) is 4.09. The molecule has 82 valence electrons. The molecule has 1 unspecified atom stereocenters. The molecule has 0 radical (unpaired) electrons. The summed E-state index contributed by atoms with van der Waals surface area (Å²) < 4.78 is 23.6. The summed E-state index contributed by atoms with van der Waals surface area (Å²) in [6.45, 7) is 2.50. The molecule has 0 aliphatic carbocycles. The van der Waals surface area contributed by atoms with Gasteiger partial charge in [-0.1, -0.05) is 19.1 Å². The molecule has 2 rings (SSSR count). The van der Waals surface area contributed by atoms with Crippen molar-refractivity contribution in [2.75, 3.05) is 12.3 Å². The second-order valence-corrected chi connectivity index (χ2v) is 6.10. The summed E-state index contributed by atoms with van der Waals surface area (Å²) in [6, 6.07) is 5.68. The first kappa shape index (κ1) is 10.6. The topological polar surface area (TPSA) is 60.2 Å². The highest BCUT2D eigenvalue weighted by Crippen LogP contribution is 2.34. The minimum absolute atomic E-state index is 0.122. The van der Waals surface area contributed by atoms with E-state index >= 15 is 0 Å². The van der Waals surface area contributed by atoms with Gasteiger partial charge in [0.05, 0.1) is 10.6 Å². The number of hydrogen-bond acceptors (Lipinski definition) is 3. The van der Waals surface area contributed by atoms with E-state index in [1.54, 1.807) is 6.07 Å². The van der Waals surface area contributed by atoms with E-state index in [4.69, 9.17) is 5.73 Å². The largest absolute Gasteiger partial charge is 0.330 e. The average Bonchev–Trinajstić information content (AvgIpc) is 2.38. The zero-order chi connectivity index (χ0) is 11.1. The summed E-state index contributed by atoms with van der Waals surface area (Å²) in [4.78, 5) is 0.515. The fourth-order valence-electron chi connectivity index (χ4n) is 2.09. The second kappa shape index (κ2) is 3.61. The molecule has 4 heteroatoms. The summed E-state index contributed by atoms with van der Waals surface area (Å²) >= 11 is 0. The van der Waals surface area contributed by atoms with Crippen LogP contribution in [0.25, 0.3) is 0 Å². The van der Waals surface area contributed by atoms with Gasteiger partial charge in [-0.2, -0.15) is 0 Å². The van der Waals surface area contributed by atoms with Crippen molar-refractivity contribution in [3.8, 4) is 0 Å². The summed E-state index contributed by atoms with van der Waals surface area (Å²) in [5.41, 5.74) is 7.41. The summed E-state index contributed by atoms with van der Waals surface area (Å²) in [5, 5.41) is 0. The van der Waals surface area contributed by atoms with Crippen LogP contribution in [-0.4, -0.2) is 20.7 Å². The quantitative estimate of drug-likeness (QED) is 0.819. The number of rotatable bonds is 2. The Balaban J connectivity index is 2.53. The van der Waals surface area contributed by atoms with Crippen LogP contribution in [0.15, 0.2) is 23.1 Å². The number of fused-ring (bicyclic) bond motifs is 1. The highest BCUT2D eigenvalue weighted by atomic mass is 32.2. The van der Waals surface area contributed by atoms with Gasteiger partial charge in [0.2, 0.25) is 0 Å². The number of nitrogens with two attached hydrogens (primary N) is 1. The van der Waals surface area contributed by atoms with E-state index in [0.29, 0.717) is 11.4 Å². The van der Waals surface area contributed by atoms with Crippen molar-refractivity contribution >= 4 is 9.84 Å². The van der Waals surface area contributed by atoms with Gasteiger partial charge in [-0.25, -0.2) is 8.42 Å². The van der Waals surface area contributed by atoms with Gasteiger partial charge >= 0.3 is 0 Å². The Morgan fingerprint density at radius 3 is 2.87 bits per heavy atom. The molecular weight excluding hydrogens is 210 g/mol. The fraction of sp³-hybridized carbons (Fsp3) is 0.455. The Morgan fingerprint density at radius 1 is 1.47 bits per heavy atom. The van der Waals surface area contributed by atoms with Crippen LogP contribution in [0.3, 0.4) is 0 Å². The molecule has 0 saturated heterocycles. The zero-order valence-corrected chi connectivity index (χ0v) is 9.55. The lowest BCUT2D eigenvalue weighted by molar-refractivity contribution is 0.598. The van der Waals surface area contributed by atoms with Crippen LogP contribution < -0.4 is 5.73 Å². The lowest BCUT2D eigenvalue weighted by Gasteiger charge is -2.04. The van der Waals surface area contributed by atoms with Gasteiger partial charge in [0.1, 0.15) is 0 Å². The highest BCUT2D eigenvalue weighted by Gasteiger charge is 2.31. The first-order valence-electron chi connectivity index (χ1n) is 5.10. The van der Waals surface area contributed by atoms with Gasteiger partial charge in [-0.3, -0.25) is 0 Å². The number of hydrogen-bond donors (Lipinski definition) is 1. The van der Waals surface area contributed by atoms with Crippen LogP contribution in [0, 0.1) is 0 Å². The normalized spacial score (nSPS) is 22.7. The van der Waals surface area contributed by atoms with Crippen LogP contribution in [0.4, 0.5) is 0 Å². The molecule has 1 aliphatic heterocycles. The van der Waals surface area contributed by atoms with Crippen LogP contribution >= 0.6 is 0 Å².